The maximum Gasteiger partial charge on any atom is 0.125 e. The molecule has 4 N–H and O–H groups in total. The second-order valence-electron chi connectivity index (χ2n) is 3.66. The standard InChI is InChI=1S/C10H14ClFN2/c1-5(2)9(13)7-3-6(12)4-8(11)10(7)14/h3-5,9H,13-14H2,1-2H3. The summed E-state index contributed by atoms with van der Waals surface area (Å²) in [6, 6.07) is 2.24. The van der Waals surface area contributed by atoms with Crippen LogP contribution in [0.1, 0.15) is 25.5 Å². The monoisotopic (exact) mass is 216 g/mol. The van der Waals surface area contributed by atoms with Gasteiger partial charge in [-0.25, -0.2) is 4.39 Å². The number of nitrogens with two attached hydrogens (primary N) is 2. The lowest BCUT2D eigenvalue weighted by Crippen LogP contribution is -2.18. The minimum absolute atomic E-state index is 0.190. The summed E-state index contributed by atoms with van der Waals surface area (Å²) in [4.78, 5) is 0. The van der Waals surface area contributed by atoms with E-state index < -0.39 is 5.82 Å². The van der Waals surface area contributed by atoms with Crippen molar-refractivity contribution in [3.63, 3.8) is 0 Å². The van der Waals surface area contributed by atoms with E-state index in [1.165, 1.54) is 12.1 Å². The van der Waals surface area contributed by atoms with Gasteiger partial charge in [0, 0.05) is 6.04 Å². The molecule has 1 aromatic rings. The Labute approximate surface area is 88.0 Å². The van der Waals surface area contributed by atoms with Gasteiger partial charge in [-0.2, -0.15) is 0 Å². The molecule has 1 aromatic carbocycles. The first-order valence-electron chi connectivity index (χ1n) is 4.43. The Balaban J connectivity index is 3.20. The Morgan fingerprint density at radius 3 is 2.43 bits per heavy atom. The largest absolute Gasteiger partial charge is 0.397 e. The lowest BCUT2D eigenvalue weighted by molar-refractivity contribution is 0.511. The van der Waals surface area contributed by atoms with E-state index in [4.69, 9.17) is 23.1 Å². The molecule has 1 rings (SSSR count). The molecule has 0 saturated carbocycles. The van der Waals surface area contributed by atoms with Crippen LogP contribution in [0.5, 0.6) is 0 Å². The molecular formula is C10H14ClFN2. The third-order valence-corrected chi connectivity index (χ3v) is 2.52. The van der Waals surface area contributed by atoms with Crippen molar-refractivity contribution >= 4 is 17.3 Å². The Morgan fingerprint density at radius 2 is 1.93 bits per heavy atom. The van der Waals surface area contributed by atoms with Crippen LogP contribution in [0, 0.1) is 11.7 Å². The van der Waals surface area contributed by atoms with Gasteiger partial charge in [0.2, 0.25) is 0 Å². The van der Waals surface area contributed by atoms with Crippen molar-refractivity contribution in [3.8, 4) is 0 Å². The maximum absolute atomic E-state index is 13.0. The molecule has 0 amide bonds. The number of rotatable bonds is 2. The van der Waals surface area contributed by atoms with E-state index in [1.54, 1.807) is 0 Å². The summed E-state index contributed by atoms with van der Waals surface area (Å²) in [5.41, 5.74) is 12.5. The van der Waals surface area contributed by atoms with Crippen LogP contribution in [-0.4, -0.2) is 0 Å². The zero-order valence-corrected chi connectivity index (χ0v) is 8.98. The average molecular weight is 217 g/mol. The number of benzene rings is 1. The van der Waals surface area contributed by atoms with Crippen molar-refractivity contribution in [1.29, 1.82) is 0 Å². The van der Waals surface area contributed by atoms with E-state index >= 15 is 0 Å². The Kier molecular flexibility index (Phi) is 3.34. The van der Waals surface area contributed by atoms with Gasteiger partial charge in [0.25, 0.3) is 0 Å². The van der Waals surface area contributed by atoms with E-state index in [0.29, 0.717) is 11.3 Å². The SMILES string of the molecule is CC(C)C(N)c1cc(F)cc(Cl)c1N. The van der Waals surface area contributed by atoms with Gasteiger partial charge in [0.15, 0.2) is 0 Å². The molecule has 0 radical (unpaired) electrons. The molecule has 14 heavy (non-hydrogen) atoms. The smallest absolute Gasteiger partial charge is 0.125 e. The molecule has 4 heteroatoms. The van der Waals surface area contributed by atoms with Crippen LogP contribution in [0.25, 0.3) is 0 Å². The molecule has 0 fully saturated rings. The minimum Gasteiger partial charge on any atom is -0.397 e. The van der Waals surface area contributed by atoms with E-state index in [1.807, 2.05) is 13.8 Å². The van der Waals surface area contributed by atoms with Gasteiger partial charge in [-0.1, -0.05) is 25.4 Å². The van der Waals surface area contributed by atoms with Crippen molar-refractivity contribution in [2.45, 2.75) is 19.9 Å². The number of hydrogen-bond donors (Lipinski definition) is 2. The van der Waals surface area contributed by atoms with E-state index in [2.05, 4.69) is 0 Å². The fourth-order valence-electron chi connectivity index (χ4n) is 1.24. The summed E-state index contributed by atoms with van der Waals surface area (Å²) in [6.07, 6.45) is 0. The van der Waals surface area contributed by atoms with Gasteiger partial charge >= 0.3 is 0 Å². The molecule has 0 aliphatic carbocycles. The van der Waals surface area contributed by atoms with Gasteiger partial charge < -0.3 is 11.5 Å². The summed E-state index contributed by atoms with van der Waals surface area (Å²) >= 11 is 5.75. The van der Waals surface area contributed by atoms with Crippen LogP contribution in [0.15, 0.2) is 12.1 Å². The molecule has 1 atom stereocenters. The first kappa shape index (κ1) is 11.3. The quantitative estimate of drug-likeness (QED) is 0.747. The molecule has 0 heterocycles. The Morgan fingerprint density at radius 1 is 1.36 bits per heavy atom. The molecule has 0 aliphatic rings. The fourth-order valence-corrected chi connectivity index (χ4v) is 1.45. The predicted molar refractivity (Wildman–Crippen MR) is 57.6 cm³/mol. The van der Waals surface area contributed by atoms with Crippen molar-refractivity contribution in [3.05, 3.63) is 28.5 Å². The van der Waals surface area contributed by atoms with Crippen molar-refractivity contribution in [2.24, 2.45) is 11.7 Å². The lowest BCUT2D eigenvalue weighted by Gasteiger charge is -2.18. The topological polar surface area (TPSA) is 52.0 Å². The van der Waals surface area contributed by atoms with Crippen LogP contribution in [0.3, 0.4) is 0 Å². The molecular weight excluding hydrogens is 203 g/mol. The van der Waals surface area contributed by atoms with Crippen LogP contribution >= 0.6 is 11.6 Å². The van der Waals surface area contributed by atoms with Crippen LogP contribution in [-0.2, 0) is 0 Å². The molecule has 0 bridgehead atoms. The highest BCUT2D eigenvalue weighted by Gasteiger charge is 2.16. The summed E-state index contributed by atoms with van der Waals surface area (Å²) in [6.45, 7) is 3.89. The third kappa shape index (κ3) is 2.16. The normalized spacial score (nSPS) is 13.3. The van der Waals surface area contributed by atoms with E-state index in [-0.39, 0.29) is 17.0 Å². The second kappa shape index (κ2) is 4.15. The lowest BCUT2D eigenvalue weighted by atomic mass is 9.95. The first-order chi connectivity index (χ1) is 6.43. The molecule has 78 valence electrons. The average Bonchev–Trinajstić information content (AvgIpc) is 2.09. The highest BCUT2D eigenvalue weighted by molar-refractivity contribution is 6.33. The minimum atomic E-state index is -0.407. The molecule has 0 aliphatic heterocycles. The molecule has 1 unspecified atom stereocenters. The number of anilines is 1. The number of nitrogen functional groups attached to an aromatic ring is 1. The van der Waals surface area contributed by atoms with E-state index in [0.717, 1.165) is 0 Å². The highest BCUT2D eigenvalue weighted by atomic mass is 35.5. The van der Waals surface area contributed by atoms with Gasteiger partial charge in [-0.15, -0.1) is 0 Å². The molecule has 2 nitrogen and oxygen atoms in total. The zero-order valence-electron chi connectivity index (χ0n) is 8.22. The van der Waals surface area contributed by atoms with Crippen molar-refractivity contribution < 1.29 is 4.39 Å². The summed E-state index contributed by atoms with van der Waals surface area (Å²) in [5.74, 6) is -0.217. The number of halogens is 2. The number of hydrogen-bond acceptors (Lipinski definition) is 2. The van der Waals surface area contributed by atoms with E-state index in [9.17, 15) is 4.39 Å². The molecule has 0 saturated heterocycles. The maximum atomic E-state index is 13.0. The Bertz CT molecular complexity index is 339. The van der Waals surface area contributed by atoms with Gasteiger partial charge in [-0.3, -0.25) is 0 Å². The molecule has 0 spiro atoms. The first-order valence-corrected chi connectivity index (χ1v) is 4.81. The Hall–Kier alpha value is -0.800. The van der Waals surface area contributed by atoms with Crippen molar-refractivity contribution in [2.75, 3.05) is 5.73 Å². The summed E-state index contributed by atoms with van der Waals surface area (Å²) in [5, 5.41) is 0.219. The second-order valence-corrected chi connectivity index (χ2v) is 4.07. The van der Waals surface area contributed by atoms with Crippen LogP contribution < -0.4 is 11.5 Å². The fraction of sp³-hybridized carbons (Fsp3) is 0.400. The predicted octanol–water partition coefficient (Wildman–Crippen LogP) is 2.72. The zero-order chi connectivity index (χ0) is 10.9. The van der Waals surface area contributed by atoms with Crippen LogP contribution in [0.2, 0.25) is 5.02 Å². The van der Waals surface area contributed by atoms with Crippen LogP contribution in [0.4, 0.5) is 10.1 Å². The summed E-state index contributed by atoms with van der Waals surface area (Å²) < 4.78 is 13.0. The van der Waals surface area contributed by atoms with Gasteiger partial charge in [0.1, 0.15) is 5.82 Å². The van der Waals surface area contributed by atoms with Gasteiger partial charge in [0.05, 0.1) is 10.7 Å². The van der Waals surface area contributed by atoms with Gasteiger partial charge in [-0.05, 0) is 23.6 Å². The summed E-state index contributed by atoms with van der Waals surface area (Å²) in [7, 11) is 0. The third-order valence-electron chi connectivity index (χ3n) is 2.20. The highest BCUT2D eigenvalue weighted by Crippen LogP contribution is 2.30. The molecule has 0 aromatic heterocycles. The van der Waals surface area contributed by atoms with Crippen molar-refractivity contribution in [1.82, 2.24) is 0 Å².